The molecule has 1 aliphatic heterocycles. The van der Waals surface area contributed by atoms with E-state index < -0.39 is 15.9 Å². The van der Waals surface area contributed by atoms with Gasteiger partial charge in [-0.2, -0.15) is 0 Å². The molecule has 7 nitrogen and oxygen atoms in total. The van der Waals surface area contributed by atoms with Crippen LogP contribution in [0.4, 0.5) is 11.4 Å². The molecular formula is C24H24N2O5S2. The van der Waals surface area contributed by atoms with Crippen molar-refractivity contribution in [1.82, 2.24) is 0 Å². The van der Waals surface area contributed by atoms with E-state index in [-0.39, 0.29) is 12.3 Å². The Labute approximate surface area is 197 Å². The predicted molar refractivity (Wildman–Crippen MR) is 130 cm³/mol. The van der Waals surface area contributed by atoms with Crippen LogP contribution in [0.2, 0.25) is 0 Å². The molecule has 1 N–H and O–H groups in total. The average Bonchev–Trinajstić information content (AvgIpc) is 2.84. The maximum atomic E-state index is 13.0. The number of nitrogens with one attached hydrogen (secondary N) is 1. The smallest absolute Gasteiger partial charge is 0.245 e. The minimum absolute atomic E-state index is 0.144. The molecule has 1 heterocycles. The van der Waals surface area contributed by atoms with Gasteiger partial charge in [-0.05, 0) is 43.3 Å². The van der Waals surface area contributed by atoms with Crippen LogP contribution in [-0.4, -0.2) is 39.8 Å². The Morgan fingerprint density at radius 2 is 1.67 bits per heavy atom. The number of carbonyl (C=O) groups is 1. The monoisotopic (exact) mass is 484 g/mol. The van der Waals surface area contributed by atoms with Crippen LogP contribution < -0.4 is 19.1 Å². The molecule has 33 heavy (non-hydrogen) atoms. The summed E-state index contributed by atoms with van der Waals surface area (Å²) in [5.41, 5.74) is 0.968. The van der Waals surface area contributed by atoms with Gasteiger partial charge >= 0.3 is 0 Å². The Bertz CT molecular complexity index is 1230. The molecule has 0 radical (unpaired) electrons. The van der Waals surface area contributed by atoms with Crippen molar-refractivity contribution in [3.05, 3.63) is 72.8 Å². The van der Waals surface area contributed by atoms with Gasteiger partial charge in [0.05, 0.1) is 17.1 Å². The van der Waals surface area contributed by atoms with E-state index in [1.165, 1.54) is 11.8 Å². The highest BCUT2D eigenvalue weighted by Gasteiger charge is 2.25. The zero-order valence-corrected chi connectivity index (χ0v) is 19.7. The summed E-state index contributed by atoms with van der Waals surface area (Å²) >= 11 is 1.52. The van der Waals surface area contributed by atoms with Crippen LogP contribution in [0.25, 0.3) is 0 Å². The number of benzene rings is 3. The second kappa shape index (κ2) is 10.2. The van der Waals surface area contributed by atoms with Gasteiger partial charge in [-0.3, -0.25) is 9.10 Å². The van der Waals surface area contributed by atoms with E-state index in [0.717, 1.165) is 14.1 Å². The van der Waals surface area contributed by atoms with Gasteiger partial charge < -0.3 is 14.8 Å². The average molecular weight is 485 g/mol. The van der Waals surface area contributed by atoms with Gasteiger partial charge in [0.15, 0.2) is 11.5 Å². The summed E-state index contributed by atoms with van der Waals surface area (Å²) in [6, 6.07) is 22.1. The largest absolute Gasteiger partial charge is 0.486 e. The van der Waals surface area contributed by atoms with Crippen molar-refractivity contribution in [2.75, 3.05) is 35.1 Å². The molecule has 0 fully saturated rings. The maximum Gasteiger partial charge on any atom is 0.245 e. The molecule has 0 aromatic heterocycles. The lowest BCUT2D eigenvalue weighted by Crippen LogP contribution is -2.39. The van der Waals surface area contributed by atoms with E-state index in [4.69, 9.17) is 9.47 Å². The molecule has 0 spiro atoms. The molecule has 1 aliphatic rings. The minimum atomic E-state index is -3.71. The van der Waals surface area contributed by atoms with Crippen molar-refractivity contribution in [2.45, 2.75) is 16.7 Å². The van der Waals surface area contributed by atoms with Crippen LogP contribution in [-0.2, 0) is 14.8 Å². The third kappa shape index (κ3) is 5.61. The second-order valence-electron chi connectivity index (χ2n) is 7.19. The number of amides is 1. The van der Waals surface area contributed by atoms with Crippen molar-refractivity contribution in [3.8, 4) is 11.5 Å². The normalized spacial score (nSPS) is 12.8. The fourth-order valence-corrected chi connectivity index (χ4v) is 5.27. The summed E-state index contributed by atoms with van der Waals surface area (Å²) in [5.74, 6) is 0.424. The standard InChI is InChI=1S/C24H24N2O5S2/c1-2-33(28,29)26(18-12-13-21-22(16-18)31-15-14-30-21)17-24(27)25-20-10-6-7-11-23(20)32-19-8-4-3-5-9-19/h3-13,16H,2,14-15,17H2,1H3,(H,25,27). The van der Waals surface area contributed by atoms with Crippen molar-refractivity contribution in [1.29, 1.82) is 0 Å². The van der Waals surface area contributed by atoms with Gasteiger partial charge in [0.25, 0.3) is 0 Å². The number of nitrogens with zero attached hydrogens (tertiary/aromatic N) is 1. The van der Waals surface area contributed by atoms with Crippen molar-refractivity contribution in [3.63, 3.8) is 0 Å². The number of sulfonamides is 1. The number of rotatable bonds is 8. The zero-order chi connectivity index (χ0) is 23.3. The van der Waals surface area contributed by atoms with Gasteiger partial charge in [-0.1, -0.05) is 42.1 Å². The first-order valence-electron chi connectivity index (χ1n) is 10.5. The predicted octanol–water partition coefficient (Wildman–Crippen LogP) is 4.40. The lowest BCUT2D eigenvalue weighted by atomic mass is 10.2. The Hall–Kier alpha value is -3.17. The molecule has 0 saturated carbocycles. The number of hydrogen-bond donors (Lipinski definition) is 1. The second-order valence-corrected chi connectivity index (χ2v) is 10.5. The van der Waals surface area contributed by atoms with E-state index in [1.807, 2.05) is 48.5 Å². The molecule has 3 aromatic rings. The van der Waals surface area contributed by atoms with Gasteiger partial charge in [0.2, 0.25) is 15.9 Å². The minimum Gasteiger partial charge on any atom is -0.486 e. The van der Waals surface area contributed by atoms with E-state index in [0.29, 0.717) is 36.1 Å². The van der Waals surface area contributed by atoms with Crippen LogP contribution in [0.5, 0.6) is 11.5 Å². The van der Waals surface area contributed by atoms with Crippen LogP contribution in [0, 0.1) is 0 Å². The fourth-order valence-electron chi connectivity index (χ4n) is 3.29. The first-order chi connectivity index (χ1) is 16.0. The summed E-state index contributed by atoms with van der Waals surface area (Å²) < 4.78 is 37.9. The van der Waals surface area contributed by atoms with Gasteiger partial charge in [-0.15, -0.1) is 0 Å². The summed E-state index contributed by atoms with van der Waals surface area (Å²) in [6.07, 6.45) is 0. The van der Waals surface area contributed by atoms with Crippen LogP contribution in [0.15, 0.2) is 82.6 Å². The number of carbonyl (C=O) groups excluding carboxylic acids is 1. The van der Waals surface area contributed by atoms with Crippen LogP contribution >= 0.6 is 11.8 Å². The van der Waals surface area contributed by atoms with Gasteiger partial charge in [-0.25, -0.2) is 8.42 Å². The third-order valence-corrected chi connectivity index (χ3v) is 7.76. The van der Waals surface area contributed by atoms with Gasteiger partial charge in [0, 0.05) is 15.9 Å². The number of para-hydroxylation sites is 1. The van der Waals surface area contributed by atoms with E-state index in [2.05, 4.69) is 5.32 Å². The molecule has 172 valence electrons. The molecule has 0 atom stereocenters. The Balaban J connectivity index is 1.55. The summed E-state index contributed by atoms with van der Waals surface area (Å²) in [4.78, 5) is 14.9. The van der Waals surface area contributed by atoms with Crippen molar-refractivity contribution >= 4 is 39.1 Å². The first kappa shape index (κ1) is 23.0. The van der Waals surface area contributed by atoms with Crippen LogP contribution in [0.3, 0.4) is 0 Å². The lowest BCUT2D eigenvalue weighted by molar-refractivity contribution is -0.114. The lowest BCUT2D eigenvalue weighted by Gasteiger charge is -2.26. The number of anilines is 2. The highest BCUT2D eigenvalue weighted by Crippen LogP contribution is 2.35. The van der Waals surface area contributed by atoms with Crippen LogP contribution in [0.1, 0.15) is 6.92 Å². The third-order valence-electron chi connectivity index (χ3n) is 4.93. The zero-order valence-electron chi connectivity index (χ0n) is 18.1. The van der Waals surface area contributed by atoms with Crippen molar-refractivity contribution < 1.29 is 22.7 Å². The Morgan fingerprint density at radius 3 is 2.42 bits per heavy atom. The molecule has 0 bridgehead atoms. The molecule has 3 aromatic carbocycles. The van der Waals surface area contributed by atoms with Gasteiger partial charge in [0.1, 0.15) is 19.8 Å². The number of hydrogen-bond acceptors (Lipinski definition) is 6. The molecular weight excluding hydrogens is 460 g/mol. The maximum absolute atomic E-state index is 13.0. The molecule has 9 heteroatoms. The summed E-state index contributed by atoms with van der Waals surface area (Å²) in [5, 5.41) is 2.87. The summed E-state index contributed by atoms with van der Waals surface area (Å²) in [7, 11) is -3.71. The fraction of sp³-hybridized carbons (Fsp3) is 0.208. The molecule has 0 aliphatic carbocycles. The van der Waals surface area contributed by atoms with Crippen molar-refractivity contribution in [2.24, 2.45) is 0 Å². The number of fused-ring (bicyclic) bond motifs is 1. The highest BCUT2D eigenvalue weighted by molar-refractivity contribution is 7.99. The SMILES string of the molecule is CCS(=O)(=O)N(CC(=O)Nc1ccccc1Sc1ccccc1)c1ccc2c(c1)OCCO2. The summed E-state index contributed by atoms with van der Waals surface area (Å²) in [6.45, 7) is 2.00. The van der Waals surface area contributed by atoms with E-state index in [9.17, 15) is 13.2 Å². The Morgan fingerprint density at radius 1 is 0.970 bits per heavy atom. The molecule has 0 unspecified atom stereocenters. The Kier molecular flexibility index (Phi) is 7.10. The molecule has 0 saturated heterocycles. The molecule has 4 rings (SSSR count). The van der Waals surface area contributed by atoms with E-state index in [1.54, 1.807) is 31.2 Å². The highest BCUT2D eigenvalue weighted by atomic mass is 32.2. The topological polar surface area (TPSA) is 84.9 Å². The number of ether oxygens (including phenoxy) is 2. The van der Waals surface area contributed by atoms with E-state index >= 15 is 0 Å². The quantitative estimate of drug-likeness (QED) is 0.510. The first-order valence-corrected chi connectivity index (χ1v) is 12.9. The molecule has 1 amide bonds.